The van der Waals surface area contributed by atoms with Crippen molar-refractivity contribution < 1.29 is 14.5 Å². The zero-order valence-electron chi connectivity index (χ0n) is 10.4. The largest absolute Gasteiger partial charge is 0.550 e. The molecule has 19 heavy (non-hydrogen) atoms. The van der Waals surface area contributed by atoms with Gasteiger partial charge in [-0.05, 0) is 18.2 Å². The minimum atomic E-state index is -1.02. The number of para-hydroxylation sites is 2. The van der Waals surface area contributed by atoms with Gasteiger partial charge in [-0.2, -0.15) is 4.57 Å². The first-order valence-electron chi connectivity index (χ1n) is 6.26. The number of benzene rings is 2. The smallest absolute Gasteiger partial charge is 0.213 e. The molecule has 0 aliphatic heterocycles. The molecule has 2 aromatic carbocycles. The second-order valence-corrected chi connectivity index (χ2v) is 4.54. The Hall–Kier alpha value is -2.42. The van der Waals surface area contributed by atoms with Gasteiger partial charge >= 0.3 is 0 Å². The molecule has 3 heteroatoms. The van der Waals surface area contributed by atoms with Crippen molar-refractivity contribution in [3.8, 4) is 0 Å². The summed E-state index contributed by atoms with van der Waals surface area (Å²) in [4.78, 5) is 10.7. The van der Waals surface area contributed by atoms with Crippen LogP contribution in [0.25, 0.3) is 21.8 Å². The van der Waals surface area contributed by atoms with Crippen LogP contribution in [-0.4, -0.2) is 5.97 Å². The normalized spacial score (nSPS) is 10.9. The van der Waals surface area contributed by atoms with Gasteiger partial charge in [0.05, 0.1) is 0 Å². The Morgan fingerprint density at radius 2 is 1.47 bits per heavy atom. The van der Waals surface area contributed by atoms with Gasteiger partial charge in [0.1, 0.15) is 0 Å². The number of carbonyl (C=O) groups is 1. The molecule has 3 aromatic rings. The number of nitrogens with zero attached hydrogens (tertiary/aromatic N) is 1. The van der Waals surface area contributed by atoms with E-state index in [4.69, 9.17) is 0 Å². The van der Waals surface area contributed by atoms with Gasteiger partial charge in [-0.3, -0.25) is 0 Å². The maximum atomic E-state index is 10.7. The fourth-order valence-electron chi connectivity index (χ4n) is 2.45. The summed E-state index contributed by atoms with van der Waals surface area (Å²) in [5, 5.41) is 12.9. The standard InChI is InChI=1S/C16H13NO2/c18-16(19)9-10-17-14-7-3-1-5-12(14)11-13-6-2-4-8-15(13)17/h1-8,11H,9-10H2. The number of aliphatic carboxylic acids is 1. The zero-order valence-corrected chi connectivity index (χ0v) is 10.4. The van der Waals surface area contributed by atoms with Gasteiger partial charge in [-0.25, -0.2) is 0 Å². The SMILES string of the molecule is O=C([O-])CC[n+]1c2ccccc2cc2ccccc21. The molecule has 0 atom stereocenters. The Bertz CT molecular complexity index is 711. The van der Waals surface area contributed by atoms with Crippen molar-refractivity contribution in [2.75, 3.05) is 0 Å². The molecule has 3 nitrogen and oxygen atoms in total. The van der Waals surface area contributed by atoms with Gasteiger partial charge in [-0.1, -0.05) is 24.3 Å². The zero-order chi connectivity index (χ0) is 13.2. The Morgan fingerprint density at radius 1 is 0.947 bits per heavy atom. The van der Waals surface area contributed by atoms with Crippen molar-refractivity contribution >= 4 is 27.8 Å². The highest BCUT2D eigenvalue weighted by atomic mass is 16.4. The average Bonchev–Trinajstić information content (AvgIpc) is 2.43. The number of aryl methyl sites for hydroxylation is 1. The van der Waals surface area contributed by atoms with Crippen LogP contribution in [0.15, 0.2) is 54.6 Å². The molecular formula is C16H13NO2. The summed E-state index contributed by atoms with van der Waals surface area (Å²) >= 11 is 0. The lowest BCUT2D eigenvalue weighted by Gasteiger charge is -2.06. The summed E-state index contributed by atoms with van der Waals surface area (Å²) in [6.07, 6.45) is 0.0165. The number of rotatable bonds is 3. The van der Waals surface area contributed by atoms with E-state index in [0.717, 1.165) is 21.8 Å². The Labute approximate surface area is 110 Å². The number of carbonyl (C=O) groups excluding carboxylic acids is 1. The number of aromatic nitrogens is 1. The van der Waals surface area contributed by atoms with E-state index < -0.39 is 5.97 Å². The lowest BCUT2D eigenvalue weighted by molar-refractivity contribution is -0.645. The molecule has 0 amide bonds. The summed E-state index contributed by atoms with van der Waals surface area (Å²) in [5.41, 5.74) is 2.09. The first-order chi connectivity index (χ1) is 9.25. The molecule has 0 radical (unpaired) electrons. The van der Waals surface area contributed by atoms with Gasteiger partial charge in [0.15, 0.2) is 6.54 Å². The molecule has 0 spiro atoms. The average molecular weight is 251 g/mol. The third-order valence-corrected chi connectivity index (χ3v) is 3.31. The van der Waals surface area contributed by atoms with E-state index in [0.29, 0.717) is 6.54 Å². The van der Waals surface area contributed by atoms with Crippen molar-refractivity contribution in [2.24, 2.45) is 0 Å². The first kappa shape index (κ1) is 11.7. The van der Waals surface area contributed by atoms with E-state index in [1.165, 1.54) is 0 Å². The van der Waals surface area contributed by atoms with Crippen LogP contribution in [0.1, 0.15) is 6.42 Å². The van der Waals surface area contributed by atoms with Crippen molar-refractivity contribution in [1.29, 1.82) is 0 Å². The Balaban J connectivity index is 2.29. The molecule has 0 aliphatic rings. The van der Waals surface area contributed by atoms with E-state index in [-0.39, 0.29) is 6.42 Å². The molecule has 0 saturated carbocycles. The van der Waals surface area contributed by atoms with E-state index in [1.807, 2.05) is 53.1 Å². The second-order valence-electron chi connectivity index (χ2n) is 4.54. The highest BCUT2D eigenvalue weighted by molar-refractivity contribution is 5.88. The molecule has 0 aliphatic carbocycles. The number of hydrogen-bond donors (Lipinski definition) is 0. The molecule has 0 unspecified atom stereocenters. The molecule has 1 aromatic heterocycles. The lowest BCUT2D eigenvalue weighted by Crippen LogP contribution is -2.38. The molecule has 0 fully saturated rings. The summed E-state index contributed by atoms with van der Waals surface area (Å²) < 4.78 is 2.04. The topological polar surface area (TPSA) is 44.0 Å². The van der Waals surface area contributed by atoms with Crippen LogP contribution in [0.2, 0.25) is 0 Å². The van der Waals surface area contributed by atoms with Crippen LogP contribution >= 0.6 is 0 Å². The van der Waals surface area contributed by atoms with E-state index >= 15 is 0 Å². The van der Waals surface area contributed by atoms with Crippen LogP contribution in [0, 0.1) is 0 Å². The molecule has 1 heterocycles. The van der Waals surface area contributed by atoms with Crippen molar-refractivity contribution in [3.05, 3.63) is 54.6 Å². The fraction of sp³-hybridized carbons (Fsp3) is 0.125. The maximum Gasteiger partial charge on any atom is 0.213 e. The maximum absolute atomic E-state index is 10.7. The summed E-state index contributed by atoms with van der Waals surface area (Å²) in [6.45, 7) is 0.421. The van der Waals surface area contributed by atoms with E-state index in [1.54, 1.807) is 0 Å². The molecule has 94 valence electrons. The minimum absolute atomic E-state index is 0.0165. The van der Waals surface area contributed by atoms with Gasteiger partial charge in [0.2, 0.25) is 11.0 Å². The first-order valence-corrected chi connectivity index (χ1v) is 6.26. The van der Waals surface area contributed by atoms with Crippen molar-refractivity contribution in [3.63, 3.8) is 0 Å². The number of fused-ring (bicyclic) bond motifs is 2. The summed E-state index contributed by atoms with van der Waals surface area (Å²) in [6, 6.07) is 18.1. The second kappa shape index (κ2) is 4.69. The van der Waals surface area contributed by atoms with Crippen LogP contribution in [-0.2, 0) is 11.3 Å². The Morgan fingerprint density at radius 3 is 2.00 bits per heavy atom. The highest BCUT2D eigenvalue weighted by Gasteiger charge is 2.13. The quantitative estimate of drug-likeness (QED) is 0.522. The predicted molar refractivity (Wildman–Crippen MR) is 71.3 cm³/mol. The van der Waals surface area contributed by atoms with Gasteiger partial charge in [-0.15, -0.1) is 0 Å². The van der Waals surface area contributed by atoms with Crippen LogP contribution < -0.4 is 9.67 Å². The predicted octanol–water partition coefficient (Wildman–Crippen LogP) is 1.42. The number of carboxylic acid groups (broad SMARTS) is 1. The third-order valence-electron chi connectivity index (χ3n) is 3.31. The molecule has 0 bridgehead atoms. The lowest BCUT2D eigenvalue weighted by atomic mass is 10.1. The van der Waals surface area contributed by atoms with Crippen LogP contribution in [0.4, 0.5) is 0 Å². The van der Waals surface area contributed by atoms with Gasteiger partial charge in [0, 0.05) is 35.3 Å². The highest BCUT2D eigenvalue weighted by Crippen LogP contribution is 2.17. The van der Waals surface area contributed by atoms with E-state index in [9.17, 15) is 9.90 Å². The van der Waals surface area contributed by atoms with Gasteiger partial charge in [0.25, 0.3) is 0 Å². The summed E-state index contributed by atoms with van der Waals surface area (Å²) in [7, 11) is 0. The molecule has 3 rings (SSSR count). The Kier molecular flexibility index (Phi) is 2.88. The van der Waals surface area contributed by atoms with Crippen molar-refractivity contribution in [2.45, 2.75) is 13.0 Å². The molecular weight excluding hydrogens is 238 g/mol. The van der Waals surface area contributed by atoms with E-state index in [2.05, 4.69) is 6.07 Å². The molecule has 0 saturated heterocycles. The fourth-order valence-corrected chi connectivity index (χ4v) is 2.45. The molecule has 0 N–H and O–H groups in total. The monoisotopic (exact) mass is 251 g/mol. The number of hydrogen-bond acceptors (Lipinski definition) is 2. The van der Waals surface area contributed by atoms with Gasteiger partial charge < -0.3 is 9.90 Å². The number of pyridine rings is 1. The van der Waals surface area contributed by atoms with Crippen LogP contribution in [0.5, 0.6) is 0 Å². The third kappa shape index (κ3) is 2.15. The minimum Gasteiger partial charge on any atom is -0.550 e. The number of carboxylic acids is 1. The summed E-state index contributed by atoms with van der Waals surface area (Å²) in [5.74, 6) is -1.02. The van der Waals surface area contributed by atoms with Crippen LogP contribution in [0.3, 0.4) is 0 Å². The van der Waals surface area contributed by atoms with Crippen molar-refractivity contribution in [1.82, 2.24) is 0 Å².